The molecule has 90 valence electrons. The Labute approximate surface area is 93.4 Å². The molecule has 0 unspecified atom stereocenters. The molecule has 0 bridgehead atoms. The topological polar surface area (TPSA) is 87.1 Å². The number of rotatable bonds is 6. The van der Waals surface area contributed by atoms with E-state index in [0.29, 0.717) is 0 Å². The maximum absolute atomic E-state index is 11.4. The first-order chi connectivity index (χ1) is 7.40. The second-order valence-electron chi connectivity index (χ2n) is 3.47. The maximum Gasteiger partial charge on any atom is 0.289 e. The van der Waals surface area contributed by atoms with E-state index in [0.717, 1.165) is 4.90 Å². The Kier molecular flexibility index (Phi) is 5.91. The molecule has 16 heavy (non-hydrogen) atoms. The van der Waals surface area contributed by atoms with Crippen molar-refractivity contribution in [3.05, 3.63) is 4.91 Å². The number of hydrogen-bond acceptors (Lipinski definition) is 5. The highest BCUT2D eigenvalue weighted by Gasteiger charge is 2.21. The van der Waals surface area contributed by atoms with Gasteiger partial charge in [-0.25, -0.2) is 0 Å². The summed E-state index contributed by atoms with van der Waals surface area (Å²) in [6.07, 6.45) is -0.480. The van der Waals surface area contributed by atoms with E-state index < -0.39 is 24.0 Å². The molecule has 0 fully saturated rings. The Morgan fingerprint density at radius 2 is 1.69 bits per heavy atom. The predicted molar refractivity (Wildman–Crippen MR) is 56.6 cm³/mol. The monoisotopic (exact) mass is 229 g/mol. The van der Waals surface area contributed by atoms with Crippen LogP contribution >= 0.6 is 0 Å². The highest BCUT2D eigenvalue weighted by molar-refractivity contribution is 6.39. The summed E-state index contributed by atoms with van der Waals surface area (Å²) in [5.74, 6) is -1.97. The molecule has 0 saturated carbocycles. The molecule has 0 radical (unpaired) electrons. The fourth-order valence-corrected chi connectivity index (χ4v) is 0.913. The lowest BCUT2D eigenvalue weighted by Gasteiger charge is -2.15. The molecule has 0 atom stereocenters. The molecule has 2 amide bonds. The normalized spacial score (nSPS) is 9.44. The number of carbonyl (C=O) groups is 3. The Balaban J connectivity index is 4.18. The van der Waals surface area contributed by atoms with Crippen molar-refractivity contribution in [2.24, 2.45) is 5.18 Å². The van der Waals surface area contributed by atoms with Crippen molar-refractivity contribution < 1.29 is 14.4 Å². The van der Waals surface area contributed by atoms with Crippen molar-refractivity contribution in [1.29, 1.82) is 0 Å². The molecule has 0 saturated heterocycles. The van der Waals surface area contributed by atoms with E-state index in [1.54, 1.807) is 0 Å². The molecule has 0 aliphatic heterocycles. The first kappa shape index (κ1) is 14.2. The van der Waals surface area contributed by atoms with Crippen LogP contribution in [0, 0.1) is 4.91 Å². The Morgan fingerprint density at radius 1 is 1.12 bits per heavy atom. The van der Waals surface area contributed by atoms with E-state index in [1.165, 1.54) is 26.0 Å². The lowest BCUT2D eigenvalue weighted by atomic mass is 10.2. The first-order valence-corrected chi connectivity index (χ1v) is 4.67. The average molecular weight is 229 g/mol. The zero-order valence-electron chi connectivity index (χ0n) is 9.60. The molecule has 7 nitrogen and oxygen atoms in total. The first-order valence-electron chi connectivity index (χ1n) is 4.67. The van der Waals surface area contributed by atoms with Crippen molar-refractivity contribution >= 4 is 17.6 Å². The zero-order valence-corrected chi connectivity index (χ0v) is 9.60. The van der Waals surface area contributed by atoms with Crippen LogP contribution in [-0.4, -0.2) is 61.6 Å². The van der Waals surface area contributed by atoms with E-state index >= 15 is 0 Å². The van der Waals surface area contributed by atoms with Crippen LogP contribution in [0.3, 0.4) is 0 Å². The highest BCUT2D eigenvalue weighted by Crippen LogP contribution is 1.95. The van der Waals surface area contributed by atoms with Crippen molar-refractivity contribution in [3.63, 3.8) is 0 Å². The van der Waals surface area contributed by atoms with Gasteiger partial charge >= 0.3 is 0 Å². The van der Waals surface area contributed by atoms with Crippen molar-refractivity contribution in [1.82, 2.24) is 9.80 Å². The third-order valence-corrected chi connectivity index (χ3v) is 1.91. The zero-order chi connectivity index (χ0) is 12.7. The molecule has 0 aliphatic carbocycles. The quantitative estimate of drug-likeness (QED) is 0.341. The van der Waals surface area contributed by atoms with Crippen LogP contribution in [0.25, 0.3) is 0 Å². The molecule has 0 heterocycles. The standard InChI is InChI=1S/C9H15N3O4/c1-11(2)9(15)7(13)6-8(14)12(3)5-4-10-16/h4-6H2,1-3H3. The van der Waals surface area contributed by atoms with Crippen LogP contribution in [-0.2, 0) is 14.4 Å². The summed E-state index contributed by atoms with van der Waals surface area (Å²) in [7, 11) is 4.32. The summed E-state index contributed by atoms with van der Waals surface area (Å²) in [6, 6.07) is 0. The molecule has 0 spiro atoms. The second-order valence-corrected chi connectivity index (χ2v) is 3.47. The summed E-state index contributed by atoms with van der Waals surface area (Å²) in [5, 5.41) is 2.60. The van der Waals surface area contributed by atoms with Gasteiger partial charge in [-0.3, -0.25) is 14.4 Å². The van der Waals surface area contributed by atoms with Crippen molar-refractivity contribution in [2.75, 3.05) is 34.2 Å². The average Bonchev–Trinajstić information content (AvgIpc) is 2.24. The number of likely N-dealkylation sites (N-methyl/N-ethyl adjacent to an activating group) is 2. The van der Waals surface area contributed by atoms with Crippen LogP contribution in [0.2, 0.25) is 0 Å². The van der Waals surface area contributed by atoms with Crippen molar-refractivity contribution in [2.45, 2.75) is 6.42 Å². The molecule has 0 N–H and O–H groups in total. The van der Waals surface area contributed by atoms with Crippen molar-refractivity contribution in [3.8, 4) is 0 Å². The molecule has 0 rings (SSSR count). The lowest BCUT2D eigenvalue weighted by molar-refractivity contribution is -0.146. The van der Waals surface area contributed by atoms with Crippen LogP contribution in [0.4, 0.5) is 0 Å². The largest absolute Gasteiger partial charge is 0.343 e. The lowest BCUT2D eigenvalue weighted by Crippen LogP contribution is -2.36. The maximum atomic E-state index is 11.4. The molecule has 7 heteroatoms. The summed E-state index contributed by atoms with van der Waals surface area (Å²) in [5.41, 5.74) is 0. The molecule has 0 aromatic carbocycles. The minimum Gasteiger partial charge on any atom is -0.343 e. The molecular formula is C9H15N3O4. The number of ketones is 1. The predicted octanol–water partition coefficient (Wildman–Crippen LogP) is -0.741. The highest BCUT2D eigenvalue weighted by atomic mass is 16.3. The minimum atomic E-state index is -0.763. The van der Waals surface area contributed by atoms with Gasteiger partial charge in [-0.2, -0.15) is 4.91 Å². The van der Waals surface area contributed by atoms with Gasteiger partial charge in [0.1, 0.15) is 0 Å². The van der Waals surface area contributed by atoms with Gasteiger partial charge < -0.3 is 9.80 Å². The summed E-state index contributed by atoms with van der Waals surface area (Å²) >= 11 is 0. The van der Waals surface area contributed by atoms with Gasteiger partial charge in [0.25, 0.3) is 5.91 Å². The number of hydrogen-bond donors (Lipinski definition) is 0. The number of carbonyl (C=O) groups excluding carboxylic acids is 3. The van der Waals surface area contributed by atoms with Gasteiger partial charge in [0.15, 0.2) is 0 Å². The Morgan fingerprint density at radius 3 is 2.12 bits per heavy atom. The third kappa shape index (κ3) is 4.63. The number of Topliss-reactive ketones (excluding diaryl/α,β-unsaturated/α-hetero) is 1. The summed E-state index contributed by atoms with van der Waals surface area (Å²) in [4.78, 5) is 45.9. The number of amides is 2. The summed E-state index contributed by atoms with van der Waals surface area (Å²) in [6.45, 7) is 0.115. The number of nitrogens with zero attached hydrogens (tertiary/aromatic N) is 3. The minimum absolute atomic E-state index is 0.0297. The molecular weight excluding hydrogens is 214 g/mol. The van der Waals surface area contributed by atoms with E-state index in [9.17, 15) is 19.3 Å². The van der Waals surface area contributed by atoms with Crippen LogP contribution in [0.1, 0.15) is 6.42 Å². The van der Waals surface area contributed by atoms with Gasteiger partial charge in [-0.05, 0) is 0 Å². The van der Waals surface area contributed by atoms with Crippen LogP contribution in [0.15, 0.2) is 5.18 Å². The van der Waals surface area contributed by atoms with E-state index in [2.05, 4.69) is 5.18 Å². The van der Waals surface area contributed by atoms with Gasteiger partial charge in [0.2, 0.25) is 11.7 Å². The fraction of sp³-hybridized carbons (Fsp3) is 0.667. The van der Waals surface area contributed by atoms with E-state index in [4.69, 9.17) is 0 Å². The molecule has 0 aromatic rings. The van der Waals surface area contributed by atoms with Gasteiger partial charge in [-0.15, -0.1) is 0 Å². The van der Waals surface area contributed by atoms with Gasteiger partial charge in [0, 0.05) is 27.7 Å². The third-order valence-electron chi connectivity index (χ3n) is 1.91. The Hall–Kier alpha value is -1.79. The van der Waals surface area contributed by atoms with Gasteiger partial charge in [0.05, 0.1) is 13.0 Å². The van der Waals surface area contributed by atoms with E-state index in [1.807, 2.05) is 0 Å². The number of nitroso groups, excluding NO2 is 1. The van der Waals surface area contributed by atoms with E-state index in [-0.39, 0.29) is 13.1 Å². The fourth-order valence-electron chi connectivity index (χ4n) is 0.913. The Bertz CT molecular complexity index is 301. The SMILES string of the molecule is CN(C)C(=O)C(=O)CC(=O)N(C)CCN=O. The summed E-state index contributed by atoms with van der Waals surface area (Å²) < 4.78 is 0. The van der Waals surface area contributed by atoms with Crippen LogP contribution in [0.5, 0.6) is 0 Å². The van der Waals surface area contributed by atoms with Crippen LogP contribution < -0.4 is 0 Å². The smallest absolute Gasteiger partial charge is 0.289 e. The van der Waals surface area contributed by atoms with Gasteiger partial charge in [-0.1, -0.05) is 5.18 Å². The molecule has 0 aliphatic rings. The second kappa shape index (κ2) is 6.65. The molecule has 0 aromatic heterocycles.